The molecular weight excluding hydrogens is 1240 g/mol. The first-order chi connectivity index (χ1) is 47.3. The van der Waals surface area contributed by atoms with Crippen LogP contribution in [0.3, 0.4) is 0 Å². The van der Waals surface area contributed by atoms with Crippen LogP contribution in [0.15, 0.2) is 36.5 Å². The minimum Gasteiger partial charge on any atom is -0.394 e. The van der Waals surface area contributed by atoms with Crippen LogP contribution in [0.25, 0.3) is 0 Å². The van der Waals surface area contributed by atoms with E-state index in [0.29, 0.717) is 12.8 Å². The highest BCUT2D eigenvalue weighted by atomic mass is 16.8. The summed E-state index contributed by atoms with van der Waals surface area (Å²) in [7, 11) is 0. The summed E-state index contributed by atoms with van der Waals surface area (Å²) in [6.45, 7) is 1.83. The van der Waals surface area contributed by atoms with Crippen molar-refractivity contribution < 1.29 is 89.4 Å². The molecule has 1 amide bonds. The van der Waals surface area contributed by atoms with Crippen molar-refractivity contribution in [3.63, 3.8) is 0 Å². The van der Waals surface area contributed by atoms with Crippen molar-refractivity contribution in [1.82, 2.24) is 5.32 Å². The highest BCUT2D eigenvalue weighted by molar-refractivity contribution is 5.76. The largest absolute Gasteiger partial charge is 0.394 e. The standard InChI is InChI=1S/C78H145NO18/c1-3-5-7-9-11-13-15-17-19-21-23-25-26-27-28-29-30-31-32-33-34-36-38-40-42-44-46-48-50-52-54-56-66(84)79-61(62(83)55-53-51-49-47-45-43-41-39-37-35-24-22-20-18-16-14-12-10-8-6-4-2)60-92-76-72(90)69(87)74(64(58-81)94-76)97-78-73(91)70(88)75(65(59-82)95-78)96-77-71(89)68(86)67(85)63(57-80)93-77/h15,17,21,23,26-27,61-65,67-78,80-83,85-91H,3-14,16,18-20,22,24-25,28-60H2,1-2H3,(H,79,84)/b17-15-,23-21-,27-26-. The summed E-state index contributed by atoms with van der Waals surface area (Å²) < 4.78 is 34.5. The molecule has 19 nitrogen and oxygen atoms in total. The van der Waals surface area contributed by atoms with E-state index < -0.39 is 124 Å². The van der Waals surface area contributed by atoms with Crippen LogP contribution in [-0.4, -0.2) is 193 Å². The van der Waals surface area contributed by atoms with Gasteiger partial charge in [0.05, 0.1) is 38.6 Å². The molecule has 3 rings (SSSR count). The molecule has 0 saturated carbocycles. The van der Waals surface area contributed by atoms with E-state index >= 15 is 0 Å². The van der Waals surface area contributed by atoms with Gasteiger partial charge in [-0.2, -0.15) is 0 Å². The molecule has 0 aromatic heterocycles. The first kappa shape index (κ1) is 89.2. The molecule has 0 spiro atoms. The van der Waals surface area contributed by atoms with E-state index in [1.807, 2.05) is 0 Å². The zero-order chi connectivity index (χ0) is 70.4. The third kappa shape index (κ3) is 40.0. The number of aliphatic hydroxyl groups is 11. The van der Waals surface area contributed by atoms with Crippen molar-refractivity contribution in [2.45, 2.75) is 426 Å². The predicted octanol–water partition coefficient (Wildman–Crippen LogP) is 12.7. The molecule has 3 aliphatic heterocycles. The lowest BCUT2D eigenvalue weighted by Crippen LogP contribution is -2.66. The van der Waals surface area contributed by atoms with Crippen LogP contribution < -0.4 is 5.32 Å². The van der Waals surface area contributed by atoms with E-state index in [-0.39, 0.29) is 18.9 Å². The van der Waals surface area contributed by atoms with Gasteiger partial charge in [0.15, 0.2) is 18.9 Å². The molecule has 0 radical (unpaired) electrons. The Kier molecular flexibility index (Phi) is 54.6. The fraction of sp³-hybridized carbons (Fsp3) is 0.910. The number of carbonyl (C=O) groups is 1. The van der Waals surface area contributed by atoms with Gasteiger partial charge in [-0.05, 0) is 51.4 Å². The minimum absolute atomic E-state index is 0.238. The maximum Gasteiger partial charge on any atom is 0.220 e. The molecule has 97 heavy (non-hydrogen) atoms. The topological polar surface area (TPSA) is 307 Å². The molecule has 3 aliphatic rings. The molecule has 17 atom stereocenters. The third-order valence-electron chi connectivity index (χ3n) is 20.0. The highest BCUT2D eigenvalue weighted by Crippen LogP contribution is 2.33. The molecule has 17 unspecified atom stereocenters. The van der Waals surface area contributed by atoms with Crippen LogP contribution >= 0.6 is 0 Å². The summed E-state index contributed by atoms with van der Waals surface area (Å²) >= 11 is 0. The first-order valence-corrected chi connectivity index (χ1v) is 39.7. The Morgan fingerprint density at radius 2 is 0.680 bits per heavy atom. The molecule has 0 aromatic carbocycles. The van der Waals surface area contributed by atoms with Crippen molar-refractivity contribution in [3.05, 3.63) is 36.5 Å². The van der Waals surface area contributed by atoms with Crippen molar-refractivity contribution in [3.8, 4) is 0 Å². The van der Waals surface area contributed by atoms with Gasteiger partial charge >= 0.3 is 0 Å². The third-order valence-corrected chi connectivity index (χ3v) is 20.0. The van der Waals surface area contributed by atoms with Gasteiger partial charge < -0.3 is 89.9 Å². The van der Waals surface area contributed by atoms with Crippen LogP contribution in [0.4, 0.5) is 0 Å². The molecule has 3 saturated heterocycles. The fourth-order valence-electron chi connectivity index (χ4n) is 13.6. The zero-order valence-corrected chi connectivity index (χ0v) is 60.8. The molecule has 3 heterocycles. The summed E-state index contributed by atoms with van der Waals surface area (Å²) in [4.78, 5) is 13.5. The second kappa shape index (κ2) is 59.4. The number of nitrogens with one attached hydrogen (secondary N) is 1. The second-order valence-electron chi connectivity index (χ2n) is 28.5. The van der Waals surface area contributed by atoms with Crippen molar-refractivity contribution in [2.24, 2.45) is 0 Å². The summed E-state index contributed by atoms with van der Waals surface area (Å²) in [5.41, 5.74) is 0. The number of unbranched alkanes of at least 4 members (excludes halogenated alkanes) is 41. The van der Waals surface area contributed by atoms with Crippen LogP contribution in [0.1, 0.15) is 322 Å². The summed E-state index contributed by atoms with van der Waals surface area (Å²) in [6.07, 6.45) is 45.1. The first-order valence-electron chi connectivity index (χ1n) is 39.7. The maximum absolute atomic E-state index is 13.5. The SMILES string of the molecule is CCCCCCC/C=C\C/C=C\C/C=C\CCCCCCCCCCCCCCCCCCC(=O)NC(COC1OC(CO)C(OC2OC(CO)C(OC3OC(CO)C(O)C(O)C3O)C(O)C2O)C(O)C1O)C(O)CCCCCCCCCCCCCCCCCCCCCCC. The van der Waals surface area contributed by atoms with Gasteiger partial charge in [0.2, 0.25) is 5.91 Å². The van der Waals surface area contributed by atoms with Crippen LogP contribution in [0, 0.1) is 0 Å². The monoisotopic (exact) mass is 1380 g/mol. The van der Waals surface area contributed by atoms with E-state index in [9.17, 15) is 61.0 Å². The number of allylic oxidation sites excluding steroid dienone is 6. The quantitative estimate of drug-likeness (QED) is 0.0199. The maximum atomic E-state index is 13.5. The van der Waals surface area contributed by atoms with Crippen molar-refractivity contribution in [2.75, 3.05) is 26.4 Å². The summed E-state index contributed by atoms with van der Waals surface area (Å²) in [5, 5.41) is 121. The van der Waals surface area contributed by atoms with Crippen LogP contribution in [0.2, 0.25) is 0 Å². The number of amides is 1. The highest BCUT2D eigenvalue weighted by Gasteiger charge is 2.54. The Labute approximate surface area is 587 Å². The summed E-state index contributed by atoms with van der Waals surface area (Å²) in [6, 6.07) is -0.888. The van der Waals surface area contributed by atoms with E-state index in [2.05, 4.69) is 55.6 Å². The molecule has 19 heteroatoms. The lowest BCUT2D eigenvalue weighted by molar-refractivity contribution is -0.379. The molecule has 570 valence electrons. The molecule has 0 aromatic rings. The minimum atomic E-state index is -1.97. The van der Waals surface area contributed by atoms with E-state index in [1.165, 1.54) is 231 Å². The number of ether oxygens (including phenoxy) is 6. The summed E-state index contributed by atoms with van der Waals surface area (Å²) in [5.74, 6) is -0.238. The second-order valence-corrected chi connectivity index (χ2v) is 28.5. The molecule has 3 fully saturated rings. The lowest BCUT2D eigenvalue weighted by atomic mass is 9.96. The number of carbonyl (C=O) groups excluding carboxylic acids is 1. The molecule has 12 N–H and O–H groups in total. The van der Waals surface area contributed by atoms with E-state index in [4.69, 9.17) is 28.4 Å². The lowest BCUT2D eigenvalue weighted by Gasteiger charge is -2.48. The van der Waals surface area contributed by atoms with Gasteiger partial charge in [-0.1, -0.05) is 301 Å². The van der Waals surface area contributed by atoms with Gasteiger partial charge in [0.1, 0.15) is 73.2 Å². The zero-order valence-electron chi connectivity index (χ0n) is 60.8. The Bertz CT molecular complexity index is 1900. The Morgan fingerprint density at radius 3 is 1.06 bits per heavy atom. The van der Waals surface area contributed by atoms with Gasteiger partial charge in [0.25, 0.3) is 0 Å². The van der Waals surface area contributed by atoms with Crippen molar-refractivity contribution >= 4 is 5.91 Å². The molecule has 0 aliphatic carbocycles. The van der Waals surface area contributed by atoms with Gasteiger partial charge in [-0.3, -0.25) is 4.79 Å². The van der Waals surface area contributed by atoms with Crippen molar-refractivity contribution in [1.29, 1.82) is 0 Å². The number of rotatable bonds is 63. The number of aliphatic hydroxyl groups excluding tert-OH is 11. The average molecular weight is 1390 g/mol. The average Bonchev–Trinajstić information content (AvgIpc) is 0.798. The van der Waals surface area contributed by atoms with Gasteiger partial charge in [-0.15, -0.1) is 0 Å². The Hall–Kier alpha value is -1.99. The smallest absolute Gasteiger partial charge is 0.220 e. The number of hydrogen-bond donors (Lipinski definition) is 12. The normalized spacial score (nSPS) is 27.0. The van der Waals surface area contributed by atoms with Gasteiger partial charge in [0, 0.05) is 6.42 Å². The fourth-order valence-corrected chi connectivity index (χ4v) is 13.6. The molecule has 0 bridgehead atoms. The van der Waals surface area contributed by atoms with Crippen LogP contribution in [0.5, 0.6) is 0 Å². The van der Waals surface area contributed by atoms with Gasteiger partial charge in [-0.25, -0.2) is 0 Å². The Morgan fingerprint density at radius 1 is 0.371 bits per heavy atom. The Balaban J connectivity index is 1.36. The van der Waals surface area contributed by atoms with E-state index in [1.54, 1.807) is 0 Å². The molecular formula is C78H145NO18. The predicted molar refractivity (Wildman–Crippen MR) is 383 cm³/mol. The van der Waals surface area contributed by atoms with E-state index in [0.717, 1.165) is 57.8 Å². The van der Waals surface area contributed by atoms with Crippen LogP contribution in [-0.2, 0) is 33.2 Å². The number of hydrogen-bond acceptors (Lipinski definition) is 18.